The zero-order valence-corrected chi connectivity index (χ0v) is 22.1. The maximum absolute atomic E-state index is 13.1. The van der Waals surface area contributed by atoms with Gasteiger partial charge in [-0.25, -0.2) is 4.98 Å². The largest absolute Gasteiger partial charge is 0.354 e. The van der Waals surface area contributed by atoms with Crippen LogP contribution >= 0.6 is 22.9 Å². The van der Waals surface area contributed by atoms with Gasteiger partial charge >= 0.3 is 0 Å². The molecule has 1 saturated carbocycles. The van der Waals surface area contributed by atoms with E-state index in [0.29, 0.717) is 34.8 Å². The predicted octanol–water partition coefficient (Wildman–Crippen LogP) is 3.02. The van der Waals surface area contributed by atoms with E-state index in [4.69, 9.17) is 11.6 Å². The SMILES string of the molecule is CN(C)C(=O)[C@H]1CC[C@H](NC(=O)c2cc3ccc(Cl)cc3nn2)[C@H](NC(=O)c2nc3cn(C)cc3s2)C1. The van der Waals surface area contributed by atoms with Gasteiger partial charge in [-0.05, 0) is 37.5 Å². The lowest BCUT2D eigenvalue weighted by molar-refractivity contribution is -0.134. The number of halogens is 1. The summed E-state index contributed by atoms with van der Waals surface area (Å²) in [6.45, 7) is 0. The number of hydrogen-bond acceptors (Lipinski definition) is 7. The first-order valence-corrected chi connectivity index (χ1v) is 13.1. The molecule has 12 heteroatoms. The van der Waals surface area contributed by atoms with E-state index in [1.54, 1.807) is 43.3 Å². The molecule has 0 spiro atoms. The number of aromatic nitrogens is 4. The number of nitrogens with zero attached hydrogens (tertiary/aromatic N) is 5. The molecule has 1 fully saturated rings. The van der Waals surface area contributed by atoms with Crippen LogP contribution in [0.3, 0.4) is 0 Å². The number of thiazole rings is 1. The molecule has 2 N–H and O–H groups in total. The van der Waals surface area contributed by atoms with Gasteiger partial charge in [0.05, 0.1) is 21.8 Å². The number of nitrogens with one attached hydrogen (secondary N) is 2. The van der Waals surface area contributed by atoms with Gasteiger partial charge in [-0.2, -0.15) is 0 Å². The van der Waals surface area contributed by atoms with Crippen LogP contribution in [0.15, 0.2) is 36.7 Å². The molecule has 3 heterocycles. The van der Waals surface area contributed by atoms with Crippen LogP contribution in [-0.4, -0.2) is 68.5 Å². The minimum atomic E-state index is -0.458. The van der Waals surface area contributed by atoms with Gasteiger partial charge in [0.2, 0.25) is 5.91 Å². The minimum absolute atomic E-state index is 0.00328. The highest BCUT2D eigenvalue weighted by atomic mass is 35.5. The number of hydrogen-bond donors (Lipinski definition) is 2. The molecule has 3 amide bonds. The Morgan fingerprint density at radius 1 is 1.03 bits per heavy atom. The minimum Gasteiger partial charge on any atom is -0.354 e. The molecule has 0 aliphatic heterocycles. The van der Waals surface area contributed by atoms with Gasteiger partial charge in [0, 0.05) is 55.9 Å². The smallest absolute Gasteiger partial charge is 0.280 e. The van der Waals surface area contributed by atoms with Crippen LogP contribution in [0.1, 0.15) is 39.6 Å². The average molecular weight is 540 g/mol. The predicted molar refractivity (Wildman–Crippen MR) is 142 cm³/mol. The molecule has 1 aliphatic rings. The second kappa shape index (κ2) is 10.1. The molecular formula is C25H26ClN7O3S. The summed E-state index contributed by atoms with van der Waals surface area (Å²) in [5.41, 5.74) is 1.51. The molecule has 5 rings (SSSR count). The van der Waals surface area contributed by atoms with E-state index in [-0.39, 0.29) is 29.5 Å². The zero-order chi connectivity index (χ0) is 26.3. The Balaban J connectivity index is 1.35. The molecule has 3 atom stereocenters. The fourth-order valence-electron chi connectivity index (χ4n) is 4.73. The van der Waals surface area contributed by atoms with Crippen LogP contribution in [0.4, 0.5) is 0 Å². The second-order valence-electron chi connectivity index (χ2n) is 9.53. The first-order valence-electron chi connectivity index (χ1n) is 11.9. The Morgan fingerprint density at radius 3 is 2.57 bits per heavy atom. The molecule has 192 valence electrons. The summed E-state index contributed by atoms with van der Waals surface area (Å²) in [5, 5.41) is 15.8. The quantitative estimate of drug-likeness (QED) is 0.402. The maximum atomic E-state index is 13.1. The standard InChI is InChI=1S/C25H26ClN7O3S/c1-32(2)25(36)14-5-7-16(27-22(34)19-8-13-4-6-15(26)10-17(13)30-31-19)18(9-14)28-23(35)24-29-20-11-33(3)12-21(20)37-24/h4,6,8,10-12,14,16,18H,5,7,9H2,1-3H3,(H,27,34)(H,28,35)/t14-,16-,18+/m0/s1. The van der Waals surface area contributed by atoms with Crippen LogP contribution in [-0.2, 0) is 11.8 Å². The lowest BCUT2D eigenvalue weighted by Gasteiger charge is -2.37. The number of benzene rings is 1. The monoisotopic (exact) mass is 539 g/mol. The molecular weight excluding hydrogens is 514 g/mol. The van der Waals surface area contributed by atoms with E-state index in [1.807, 2.05) is 24.0 Å². The highest BCUT2D eigenvalue weighted by molar-refractivity contribution is 7.20. The van der Waals surface area contributed by atoms with Crippen molar-refractivity contribution < 1.29 is 14.4 Å². The van der Waals surface area contributed by atoms with E-state index in [1.165, 1.54) is 11.3 Å². The summed E-state index contributed by atoms with van der Waals surface area (Å²) >= 11 is 7.32. The summed E-state index contributed by atoms with van der Waals surface area (Å²) in [6, 6.07) is 6.00. The van der Waals surface area contributed by atoms with E-state index in [0.717, 1.165) is 15.6 Å². The highest BCUT2D eigenvalue weighted by Crippen LogP contribution is 2.28. The van der Waals surface area contributed by atoms with Gasteiger partial charge in [-0.15, -0.1) is 21.5 Å². The molecule has 4 aromatic rings. The molecule has 1 aromatic carbocycles. The van der Waals surface area contributed by atoms with Gasteiger partial charge in [0.25, 0.3) is 11.8 Å². The van der Waals surface area contributed by atoms with Gasteiger partial charge in [0.15, 0.2) is 10.7 Å². The summed E-state index contributed by atoms with van der Waals surface area (Å²) in [6.07, 6.45) is 5.30. The number of aryl methyl sites for hydroxylation is 1. The van der Waals surface area contributed by atoms with Crippen LogP contribution in [0.5, 0.6) is 0 Å². The van der Waals surface area contributed by atoms with E-state index < -0.39 is 11.9 Å². The summed E-state index contributed by atoms with van der Waals surface area (Å²) in [5.74, 6) is -0.973. The van der Waals surface area contributed by atoms with Crippen molar-refractivity contribution in [1.29, 1.82) is 0 Å². The van der Waals surface area contributed by atoms with E-state index in [9.17, 15) is 14.4 Å². The van der Waals surface area contributed by atoms with Crippen LogP contribution in [0.25, 0.3) is 21.1 Å². The van der Waals surface area contributed by atoms with Crippen molar-refractivity contribution in [3.8, 4) is 0 Å². The topological polar surface area (TPSA) is 122 Å². The third kappa shape index (κ3) is 5.28. The third-order valence-electron chi connectivity index (χ3n) is 6.58. The van der Waals surface area contributed by atoms with Crippen molar-refractivity contribution in [2.24, 2.45) is 13.0 Å². The zero-order valence-electron chi connectivity index (χ0n) is 20.6. The highest BCUT2D eigenvalue weighted by Gasteiger charge is 2.37. The number of carbonyl (C=O) groups excluding carboxylic acids is 3. The van der Waals surface area contributed by atoms with Crippen molar-refractivity contribution in [3.63, 3.8) is 0 Å². The molecule has 37 heavy (non-hydrogen) atoms. The average Bonchev–Trinajstić information content (AvgIpc) is 3.41. The molecule has 0 unspecified atom stereocenters. The fraction of sp³-hybridized carbons (Fsp3) is 0.360. The van der Waals surface area contributed by atoms with Gasteiger partial charge in [-0.3, -0.25) is 14.4 Å². The van der Waals surface area contributed by atoms with Crippen LogP contribution in [0.2, 0.25) is 5.02 Å². The Kier molecular flexibility index (Phi) is 6.82. The summed E-state index contributed by atoms with van der Waals surface area (Å²) < 4.78 is 2.81. The van der Waals surface area contributed by atoms with Crippen molar-refractivity contribution in [2.45, 2.75) is 31.3 Å². The molecule has 10 nitrogen and oxygen atoms in total. The fourth-order valence-corrected chi connectivity index (χ4v) is 5.82. The lowest BCUT2D eigenvalue weighted by Crippen LogP contribution is -2.56. The van der Waals surface area contributed by atoms with Crippen molar-refractivity contribution >= 4 is 61.8 Å². The van der Waals surface area contributed by atoms with E-state index >= 15 is 0 Å². The normalized spacial score (nSPS) is 19.6. The van der Waals surface area contributed by atoms with Gasteiger partial charge in [0.1, 0.15) is 0 Å². The van der Waals surface area contributed by atoms with Crippen molar-refractivity contribution in [3.05, 3.63) is 52.4 Å². The lowest BCUT2D eigenvalue weighted by atomic mass is 9.81. The van der Waals surface area contributed by atoms with E-state index in [2.05, 4.69) is 25.8 Å². The Labute approximate surface area is 222 Å². The third-order valence-corrected chi connectivity index (χ3v) is 7.82. The molecule has 0 saturated heterocycles. The second-order valence-corrected chi connectivity index (χ2v) is 11.0. The molecule has 1 aliphatic carbocycles. The summed E-state index contributed by atoms with van der Waals surface area (Å²) in [4.78, 5) is 45.0. The Morgan fingerprint density at radius 2 is 1.81 bits per heavy atom. The molecule has 0 radical (unpaired) electrons. The maximum Gasteiger partial charge on any atom is 0.280 e. The van der Waals surface area contributed by atoms with Crippen molar-refractivity contribution in [1.82, 2.24) is 35.3 Å². The number of carbonyl (C=O) groups is 3. The van der Waals surface area contributed by atoms with Gasteiger partial charge in [-0.1, -0.05) is 17.7 Å². The number of amides is 3. The van der Waals surface area contributed by atoms with Gasteiger partial charge < -0.3 is 20.1 Å². The first-order chi connectivity index (χ1) is 17.7. The van der Waals surface area contributed by atoms with Crippen LogP contribution in [0, 0.1) is 5.92 Å². The number of rotatable bonds is 5. The first kappa shape index (κ1) is 25.1. The van der Waals surface area contributed by atoms with Crippen LogP contribution < -0.4 is 10.6 Å². The van der Waals surface area contributed by atoms with Crippen molar-refractivity contribution in [2.75, 3.05) is 14.1 Å². The molecule has 3 aromatic heterocycles. The molecule has 0 bridgehead atoms. The number of fused-ring (bicyclic) bond motifs is 2. The Hall–Kier alpha value is -3.57. The summed E-state index contributed by atoms with van der Waals surface area (Å²) in [7, 11) is 5.34. The Bertz CT molecular complexity index is 1480.